The number of hydrogen-bond donors (Lipinski definition) is 2. The number of nitrogens with one attached hydrogen (secondary N) is 2. The van der Waals surface area contributed by atoms with Crippen molar-refractivity contribution in [1.82, 2.24) is 10.6 Å². The summed E-state index contributed by atoms with van der Waals surface area (Å²) in [6, 6.07) is 0. The second-order valence-corrected chi connectivity index (χ2v) is 8.27. The van der Waals surface area contributed by atoms with Crippen LogP contribution in [0.3, 0.4) is 0 Å². The van der Waals surface area contributed by atoms with Crippen LogP contribution in [0.1, 0.15) is 54.4 Å². The molecule has 1 saturated heterocycles. The van der Waals surface area contributed by atoms with Crippen molar-refractivity contribution in [3.63, 3.8) is 0 Å². The molecule has 0 radical (unpaired) electrons. The maximum absolute atomic E-state index is 12.3. The Morgan fingerprint density at radius 1 is 1.26 bits per heavy atom. The van der Waals surface area contributed by atoms with E-state index in [-0.39, 0.29) is 23.7 Å². The second kappa shape index (κ2) is 8.67. The van der Waals surface area contributed by atoms with Gasteiger partial charge in [0.15, 0.2) is 0 Å². The fourth-order valence-electron chi connectivity index (χ4n) is 3.06. The van der Waals surface area contributed by atoms with Gasteiger partial charge in [0.05, 0.1) is 12.3 Å². The Kier molecular flexibility index (Phi) is 7.52. The molecule has 1 amide bonds. The average Bonchev–Trinajstić information content (AvgIpc) is 2.78. The summed E-state index contributed by atoms with van der Waals surface area (Å²) in [6.45, 7) is 14.2. The number of carbonyl (C=O) groups excluding carboxylic acids is 2. The summed E-state index contributed by atoms with van der Waals surface area (Å²) >= 11 is 0. The first kappa shape index (κ1) is 19.9. The van der Waals surface area contributed by atoms with Crippen LogP contribution in [0.4, 0.5) is 0 Å². The van der Waals surface area contributed by atoms with Gasteiger partial charge in [0.1, 0.15) is 5.60 Å². The molecular weight excluding hydrogens is 292 g/mol. The Balaban J connectivity index is 2.50. The van der Waals surface area contributed by atoms with Gasteiger partial charge in [0.25, 0.3) is 0 Å². The minimum Gasteiger partial charge on any atom is -0.460 e. The van der Waals surface area contributed by atoms with Crippen LogP contribution in [0.25, 0.3) is 0 Å². The highest BCUT2D eigenvalue weighted by atomic mass is 16.6. The minimum atomic E-state index is -0.465. The standard InChI is InChI=1S/C18H34N2O3/c1-12(2)7-14(8-16(21)23-18(4,5)6)10-20-17(22)15-11-19-9-13(15)3/h12-15,19H,7-11H2,1-6H3,(H,20,22)/t13-,14+,15-/m1/s1. The third kappa shape index (κ3) is 7.82. The van der Waals surface area contributed by atoms with Crippen molar-refractivity contribution in [2.45, 2.75) is 60.0 Å². The van der Waals surface area contributed by atoms with Crippen molar-refractivity contribution < 1.29 is 14.3 Å². The van der Waals surface area contributed by atoms with E-state index < -0.39 is 5.60 Å². The lowest BCUT2D eigenvalue weighted by Gasteiger charge is -2.24. The van der Waals surface area contributed by atoms with Gasteiger partial charge in [0, 0.05) is 13.1 Å². The zero-order valence-corrected chi connectivity index (χ0v) is 15.6. The molecule has 23 heavy (non-hydrogen) atoms. The summed E-state index contributed by atoms with van der Waals surface area (Å²) in [7, 11) is 0. The van der Waals surface area contributed by atoms with Gasteiger partial charge in [0.2, 0.25) is 5.91 Å². The molecule has 0 unspecified atom stereocenters. The van der Waals surface area contributed by atoms with Crippen LogP contribution in [0.2, 0.25) is 0 Å². The summed E-state index contributed by atoms with van der Waals surface area (Å²) in [4.78, 5) is 24.4. The number of amides is 1. The van der Waals surface area contributed by atoms with E-state index >= 15 is 0 Å². The van der Waals surface area contributed by atoms with Gasteiger partial charge >= 0.3 is 5.97 Å². The van der Waals surface area contributed by atoms with E-state index in [9.17, 15) is 9.59 Å². The van der Waals surface area contributed by atoms with Crippen LogP contribution in [0.15, 0.2) is 0 Å². The number of rotatable bonds is 7. The van der Waals surface area contributed by atoms with E-state index in [1.807, 2.05) is 20.8 Å². The Labute approximate surface area is 140 Å². The van der Waals surface area contributed by atoms with E-state index in [2.05, 4.69) is 31.4 Å². The van der Waals surface area contributed by atoms with E-state index in [4.69, 9.17) is 4.74 Å². The SMILES string of the molecule is CC(C)C[C@H](CNC(=O)[C@@H]1CNC[C@H]1C)CC(=O)OC(C)(C)C. The molecular formula is C18H34N2O3. The minimum absolute atomic E-state index is 0.0382. The van der Waals surface area contributed by atoms with Gasteiger partial charge in [-0.3, -0.25) is 9.59 Å². The maximum Gasteiger partial charge on any atom is 0.306 e. The van der Waals surface area contributed by atoms with E-state index in [1.54, 1.807) is 0 Å². The zero-order valence-electron chi connectivity index (χ0n) is 15.6. The molecule has 5 heteroatoms. The summed E-state index contributed by atoms with van der Waals surface area (Å²) in [6.07, 6.45) is 1.26. The third-order valence-electron chi connectivity index (χ3n) is 4.10. The van der Waals surface area contributed by atoms with Crippen LogP contribution in [-0.4, -0.2) is 37.1 Å². The summed E-state index contributed by atoms with van der Waals surface area (Å²) < 4.78 is 5.41. The number of carbonyl (C=O) groups is 2. The number of esters is 1. The maximum atomic E-state index is 12.3. The highest BCUT2D eigenvalue weighted by Crippen LogP contribution is 2.19. The largest absolute Gasteiger partial charge is 0.460 e. The monoisotopic (exact) mass is 326 g/mol. The average molecular weight is 326 g/mol. The van der Waals surface area contributed by atoms with Crippen molar-refractivity contribution in [1.29, 1.82) is 0 Å². The lowest BCUT2D eigenvalue weighted by Crippen LogP contribution is -2.38. The van der Waals surface area contributed by atoms with Gasteiger partial charge in [-0.15, -0.1) is 0 Å². The van der Waals surface area contributed by atoms with Crippen molar-refractivity contribution in [2.24, 2.45) is 23.7 Å². The molecule has 0 aromatic heterocycles. The summed E-state index contributed by atoms with van der Waals surface area (Å²) in [5.74, 6) is 0.916. The van der Waals surface area contributed by atoms with Gasteiger partial charge in [-0.25, -0.2) is 0 Å². The number of hydrogen-bond acceptors (Lipinski definition) is 4. The topological polar surface area (TPSA) is 67.4 Å². The van der Waals surface area contributed by atoms with Crippen LogP contribution >= 0.6 is 0 Å². The first-order chi connectivity index (χ1) is 10.6. The van der Waals surface area contributed by atoms with Gasteiger partial charge < -0.3 is 15.4 Å². The van der Waals surface area contributed by atoms with Gasteiger partial charge in [-0.2, -0.15) is 0 Å². The molecule has 3 atom stereocenters. The first-order valence-corrected chi connectivity index (χ1v) is 8.78. The summed E-state index contributed by atoms with van der Waals surface area (Å²) in [5.41, 5.74) is -0.465. The highest BCUT2D eigenvalue weighted by molar-refractivity contribution is 5.79. The number of ether oxygens (including phenoxy) is 1. The zero-order chi connectivity index (χ0) is 17.6. The van der Waals surface area contributed by atoms with Crippen LogP contribution < -0.4 is 10.6 Å². The Hall–Kier alpha value is -1.10. The molecule has 1 heterocycles. The molecule has 134 valence electrons. The molecule has 5 nitrogen and oxygen atoms in total. The molecule has 1 aliphatic rings. The molecule has 0 aromatic rings. The van der Waals surface area contributed by atoms with Gasteiger partial charge in [-0.05, 0) is 51.5 Å². The Bertz CT molecular complexity index is 402. The smallest absolute Gasteiger partial charge is 0.306 e. The molecule has 1 aliphatic heterocycles. The molecule has 1 fully saturated rings. The third-order valence-corrected chi connectivity index (χ3v) is 4.10. The first-order valence-electron chi connectivity index (χ1n) is 8.78. The van der Waals surface area contributed by atoms with Crippen LogP contribution in [-0.2, 0) is 14.3 Å². The molecule has 0 bridgehead atoms. The second-order valence-electron chi connectivity index (χ2n) is 8.27. The lowest BCUT2D eigenvalue weighted by atomic mass is 9.93. The Morgan fingerprint density at radius 3 is 2.39 bits per heavy atom. The molecule has 0 saturated carbocycles. The summed E-state index contributed by atoms with van der Waals surface area (Å²) in [5, 5.41) is 6.29. The van der Waals surface area contributed by atoms with Crippen molar-refractivity contribution in [2.75, 3.05) is 19.6 Å². The van der Waals surface area contributed by atoms with Crippen LogP contribution in [0.5, 0.6) is 0 Å². The fraction of sp³-hybridized carbons (Fsp3) is 0.889. The van der Waals surface area contributed by atoms with E-state index in [1.165, 1.54) is 0 Å². The predicted molar refractivity (Wildman–Crippen MR) is 91.9 cm³/mol. The predicted octanol–water partition coefficient (Wildman–Crippen LogP) is 2.35. The fourth-order valence-corrected chi connectivity index (χ4v) is 3.06. The normalized spacial score (nSPS) is 22.9. The molecule has 0 spiro atoms. The van der Waals surface area contributed by atoms with E-state index in [0.717, 1.165) is 19.5 Å². The lowest BCUT2D eigenvalue weighted by molar-refractivity contribution is -0.156. The van der Waals surface area contributed by atoms with E-state index in [0.29, 0.717) is 24.8 Å². The quantitative estimate of drug-likeness (QED) is 0.705. The van der Waals surface area contributed by atoms with Crippen LogP contribution in [0, 0.1) is 23.7 Å². The Morgan fingerprint density at radius 2 is 1.91 bits per heavy atom. The highest BCUT2D eigenvalue weighted by Gasteiger charge is 2.30. The molecule has 0 aliphatic carbocycles. The van der Waals surface area contributed by atoms with Crippen molar-refractivity contribution in [3.05, 3.63) is 0 Å². The van der Waals surface area contributed by atoms with Gasteiger partial charge in [-0.1, -0.05) is 20.8 Å². The molecule has 0 aromatic carbocycles. The van der Waals surface area contributed by atoms with Crippen molar-refractivity contribution in [3.8, 4) is 0 Å². The molecule has 2 N–H and O–H groups in total. The molecule has 1 rings (SSSR count). The van der Waals surface area contributed by atoms with Crippen molar-refractivity contribution >= 4 is 11.9 Å².